The van der Waals surface area contributed by atoms with Crippen LogP contribution in [0.4, 0.5) is 4.79 Å². The van der Waals surface area contributed by atoms with Crippen molar-refractivity contribution in [3.8, 4) is 0 Å². The van der Waals surface area contributed by atoms with Gasteiger partial charge < -0.3 is 13.8 Å². The number of hydrogen-bond acceptors (Lipinski definition) is 6. The van der Waals surface area contributed by atoms with Gasteiger partial charge in [-0.15, -0.1) is 11.6 Å². The highest BCUT2D eigenvalue weighted by Gasteiger charge is 2.23. The largest absolute Gasteiger partial charge is 0.449 e. The second-order valence-corrected chi connectivity index (χ2v) is 7.24. The summed E-state index contributed by atoms with van der Waals surface area (Å²) in [5.74, 6) is 0.203. The van der Waals surface area contributed by atoms with Crippen LogP contribution in [0, 0.1) is 0 Å². The maximum absolute atomic E-state index is 12.3. The zero-order chi connectivity index (χ0) is 17.0. The molecule has 0 radical (unpaired) electrons. The van der Waals surface area contributed by atoms with Gasteiger partial charge >= 0.3 is 13.7 Å². The first-order chi connectivity index (χ1) is 11.0. The van der Waals surface area contributed by atoms with E-state index >= 15 is 0 Å². The average Bonchev–Trinajstić information content (AvgIpc) is 2.98. The van der Waals surface area contributed by atoms with E-state index in [-0.39, 0.29) is 18.6 Å². The molecule has 0 saturated heterocycles. The molecular weight excluding hydrogens is 343 g/mol. The molecule has 126 valence electrons. The number of rotatable bonds is 6. The van der Waals surface area contributed by atoms with Crippen molar-refractivity contribution in [2.45, 2.75) is 19.0 Å². The van der Waals surface area contributed by atoms with Crippen LogP contribution >= 0.6 is 19.2 Å². The van der Waals surface area contributed by atoms with E-state index in [2.05, 4.69) is 4.98 Å². The summed E-state index contributed by atoms with van der Waals surface area (Å²) >= 11 is 5.97. The third-order valence-electron chi connectivity index (χ3n) is 3.33. The van der Waals surface area contributed by atoms with Gasteiger partial charge in [-0.1, -0.05) is 6.07 Å². The van der Waals surface area contributed by atoms with Crippen LogP contribution in [0.1, 0.15) is 18.1 Å². The first-order valence-electron chi connectivity index (χ1n) is 6.90. The third-order valence-corrected chi connectivity index (χ3v) is 5.48. The first-order valence-corrected chi connectivity index (χ1v) is 9.16. The molecule has 0 unspecified atom stereocenters. The molecule has 0 atom stereocenters. The fourth-order valence-electron chi connectivity index (χ4n) is 2.21. The van der Waals surface area contributed by atoms with Crippen molar-refractivity contribution in [3.05, 3.63) is 29.6 Å². The summed E-state index contributed by atoms with van der Waals surface area (Å²) in [6.07, 6.45) is 0.914. The molecule has 0 aliphatic rings. The number of benzene rings is 1. The fourth-order valence-corrected chi connectivity index (χ4v) is 3.45. The summed E-state index contributed by atoms with van der Waals surface area (Å²) in [6, 6.07) is 3.49. The van der Waals surface area contributed by atoms with E-state index in [1.807, 2.05) is 0 Å². The van der Waals surface area contributed by atoms with E-state index in [1.165, 1.54) is 25.1 Å². The van der Waals surface area contributed by atoms with Gasteiger partial charge in [0.1, 0.15) is 6.33 Å². The van der Waals surface area contributed by atoms with Gasteiger partial charge in [-0.2, -0.15) is 0 Å². The van der Waals surface area contributed by atoms with E-state index in [9.17, 15) is 9.36 Å². The van der Waals surface area contributed by atoms with Crippen molar-refractivity contribution in [1.82, 2.24) is 9.55 Å². The second kappa shape index (κ2) is 7.45. The minimum Gasteiger partial charge on any atom is -0.449 e. The predicted molar refractivity (Wildman–Crippen MR) is 87.0 cm³/mol. The number of alkyl halides is 1. The minimum absolute atomic E-state index is 0.0633. The maximum Gasteiger partial charge on any atom is 0.419 e. The van der Waals surface area contributed by atoms with Crippen molar-refractivity contribution >= 4 is 36.3 Å². The monoisotopic (exact) mass is 360 g/mol. The Balaban J connectivity index is 2.53. The predicted octanol–water partition coefficient (Wildman–Crippen LogP) is 3.77. The highest BCUT2D eigenvalue weighted by molar-refractivity contribution is 7.52. The molecular formula is C14H18ClN2O5P. The normalized spacial score (nSPS) is 11.8. The van der Waals surface area contributed by atoms with E-state index in [0.29, 0.717) is 16.6 Å². The number of carbonyl (C=O) groups excluding carboxylic acids is 1. The Hall–Kier alpha value is -1.40. The molecule has 0 bridgehead atoms. The van der Waals surface area contributed by atoms with Gasteiger partial charge in [-0.25, -0.2) is 14.3 Å². The lowest BCUT2D eigenvalue weighted by molar-refractivity contribution is 0.155. The number of halogens is 1. The standard InChI is InChI=1S/C14H18ClN2O5P/c1-4-22-14(18)17-9-16-13-11(7-15)5-10(6-12(13)17)8-23(19,20-2)21-3/h5-6,9H,4,7-8H2,1-3H3. The highest BCUT2D eigenvalue weighted by atomic mass is 35.5. The van der Waals surface area contributed by atoms with E-state index in [4.69, 9.17) is 25.4 Å². The summed E-state index contributed by atoms with van der Waals surface area (Å²) in [5, 5.41) is 0. The van der Waals surface area contributed by atoms with Gasteiger partial charge in [0.2, 0.25) is 0 Å². The number of carbonyl (C=O) groups is 1. The van der Waals surface area contributed by atoms with Crippen LogP contribution in [0.2, 0.25) is 0 Å². The number of imidazole rings is 1. The lowest BCUT2D eigenvalue weighted by Crippen LogP contribution is -2.12. The lowest BCUT2D eigenvalue weighted by atomic mass is 10.1. The fraction of sp³-hybridized carbons (Fsp3) is 0.429. The van der Waals surface area contributed by atoms with E-state index in [1.54, 1.807) is 19.1 Å². The number of fused-ring (bicyclic) bond motifs is 1. The number of nitrogens with zero attached hydrogens (tertiary/aromatic N) is 2. The van der Waals surface area contributed by atoms with Crippen LogP contribution in [-0.2, 0) is 30.4 Å². The van der Waals surface area contributed by atoms with Crippen molar-refractivity contribution in [3.63, 3.8) is 0 Å². The Bertz CT molecular complexity index is 753. The Kier molecular flexibility index (Phi) is 5.81. The second-order valence-electron chi connectivity index (χ2n) is 4.70. The molecule has 7 nitrogen and oxygen atoms in total. The van der Waals surface area contributed by atoms with E-state index in [0.717, 1.165) is 5.56 Å². The molecule has 0 aliphatic heterocycles. The van der Waals surface area contributed by atoms with Gasteiger partial charge in [0.15, 0.2) is 0 Å². The summed E-state index contributed by atoms with van der Waals surface area (Å²) < 4.78 is 28.5. The SMILES string of the molecule is CCOC(=O)n1cnc2c(CCl)cc(CP(=O)(OC)OC)cc21. The molecule has 0 aliphatic carbocycles. The first kappa shape index (κ1) is 17.9. The summed E-state index contributed by atoms with van der Waals surface area (Å²) in [4.78, 5) is 16.2. The molecule has 1 aromatic heterocycles. The van der Waals surface area contributed by atoms with Crippen molar-refractivity contribution in [1.29, 1.82) is 0 Å². The lowest BCUT2D eigenvalue weighted by Gasteiger charge is -2.14. The topological polar surface area (TPSA) is 79.7 Å². The van der Waals surface area contributed by atoms with Gasteiger partial charge in [0.05, 0.1) is 23.8 Å². The summed E-state index contributed by atoms with van der Waals surface area (Å²) in [7, 11) is -0.578. The van der Waals surface area contributed by atoms with Crippen molar-refractivity contribution in [2.75, 3.05) is 20.8 Å². The quantitative estimate of drug-likeness (QED) is 0.576. The minimum atomic E-state index is -3.23. The molecule has 2 rings (SSSR count). The van der Waals surface area contributed by atoms with Crippen LogP contribution < -0.4 is 0 Å². The Labute approximate surface area is 139 Å². The third kappa shape index (κ3) is 3.75. The Morgan fingerprint density at radius 2 is 2.04 bits per heavy atom. The van der Waals surface area contributed by atoms with Crippen molar-refractivity contribution < 1.29 is 23.1 Å². The Morgan fingerprint density at radius 1 is 1.35 bits per heavy atom. The molecule has 0 fully saturated rings. The number of ether oxygens (including phenoxy) is 1. The molecule has 0 saturated carbocycles. The van der Waals surface area contributed by atoms with Gasteiger partial charge in [0.25, 0.3) is 0 Å². The molecule has 0 N–H and O–H groups in total. The van der Waals surface area contributed by atoms with Crippen LogP contribution in [-0.4, -0.2) is 36.5 Å². The average molecular weight is 361 g/mol. The van der Waals surface area contributed by atoms with Crippen molar-refractivity contribution in [2.24, 2.45) is 0 Å². The van der Waals surface area contributed by atoms with Gasteiger partial charge in [-0.3, -0.25) is 4.57 Å². The number of hydrogen-bond donors (Lipinski definition) is 0. The smallest absolute Gasteiger partial charge is 0.419 e. The van der Waals surface area contributed by atoms with Crippen LogP contribution in [0.5, 0.6) is 0 Å². The molecule has 23 heavy (non-hydrogen) atoms. The molecule has 9 heteroatoms. The highest BCUT2D eigenvalue weighted by Crippen LogP contribution is 2.50. The summed E-state index contributed by atoms with van der Waals surface area (Å²) in [6.45, 7) is 1.98. The zero-order valence-electron chi connectivity index (χ0n) is 13.1. The van der Waals surface area contributed by atoms with Gasteiger partial charge in [-0.05, 0) is 24.1 Å². The number of aromatic nitrogens is 2. The maximum atomic E-state index is 12.3. The van der Waals surface area contributed by atoms with Crippen LogP contribution in [0.15, 0.2) is 18.5 Å². The zero-order valence-corrected chi connectivity index (χ0v) is 14.8. The Morgan fingerprint density at radius 3 is 2.61 bits per heavy atom. The molecule has 1 heterocycles. The van der Waals surface area contributed by atoms with Gasteiger partial charge in [0, 0.05) is 20.1 Å². The summed E-state index contributed by atoms with van der Waals surface area (Å²) in [5.41, 5.74) is 2.53. The molecule has 0 spiro atoms. The molecule has 2 aromatic rings. The molecule has 1 aromatic carbocycles. The van der Waals surface area contributed by atoms with Crippen LogP contribution in [0.3, 0.4) is 0 Å². The van der Waals surface area contributed by atoms with Crippen LogP contribution in [0.25, 0.3) is 11.0 Å². The molecule has 0 amide bonds. The van der Waals surface area contributed by atoms with E-state index < -0.39 is 13.7 Å².